The third kappa shape index (κ3) is 5.71. The number of halogens is 1. The van der Waals surface area contributed by atoms with Crippen LogP contribution in [0.25, 0.3) is 0 Å². The molecule has 3 atom stereocenters. The summed E-state index contributed by atoms with van der Waals surface area (Å²) in [5.74, 6) is -2.87. The number of carbonyl (C=O) groups excluding carboxylic acids is 4. The van der Waals surface area contributed by atoms with Crippen LogP contribution in [0.2, 0.25) is 0 Å². The van der Waals surface area contributed by atoms with E-state index in [0.29, 0.717) is 37.9 Å². The van der Waals surface area contributed by atoms with E-state index in [0.717, 1.165) is 31.4 Å². The first kappa shape index (κ1) is 27.7. The molecule has 0 unspecified atom stereocenters. The first-order valence-electron chi connectivity index (χ1n) is 13.4. The molecule has 2 aromatic rings. The molecule has 2 saturated heterocycles. The molecule has 0 spiro atoms. The van der Waals surface area contributed by atoms with Crippen molar-refractivity contribution in [1.82, 2.24) is 4.90 Å². The van der Waals surface area contributed by atoms with Gasteiger partial charge in [-0.25, -0.2) is 4.39 Å². The van der Waals surface area contributed by atoms with E-state index in [2.05, 4.69) is 12.2 Å². The maximum atomic E-state index is 14.7. The second-order valence-corrected chi connectivity index (χ2v) is 10.2. The highest BCUT2D eigenvalue weighted by atomic mass is 19.1. The van der Waals surface area contributed by atoms with Crippen molar-refractivity contribution in [1.29, 1.82) is 0 Å². The summed E-state index contributed by atoms with van der Waals surface area (Å²) in [6, 6.07) is 9.48. The maximum absolute atomic E-state index is 14.7. The molecule has 40 heavy (non-hydrogen) atoms. The maximum Gasteiger partial charge on any atom is 0.303 e. The van der Waals surface area contributed by atoms with E-state index in [1.165, 1.54) is 27.5 Å². The number of morpholine rings is 2. The van der Waals surface area contributed by atoms with E-state index in [-0.39, 0.29) is 24.4 Å². The van der Waals surface area contributed by atoms with Crippen molar-refractivity contribution in [3.63, 3.8) is 0 Å². The highest BCUT2D eigenvalue weighted by Gasteiger charge is 2.43. The number of rotatable bonds is 6. The first-order chi connectivity index (χ1) is 19.2. The van der Waals surface area contributed by atoms with Gasteiger partial charge in [-0.3, -0.25) is 19.2 Å². The Morgan fingerprint density at radius 1 is 1.07 bits per heavy atom. The molecular formula is C29H32FN3O7. The standard InChI is InChI=1S/C29H32FN3O7/c1-17-3-4-19-15-20(5-7-22(17)19)31-27(35)25(40-18(2)34)26-29(37)33(11-14-39-26)21-6-8-24(30)23(16-21)28(36)32-9-12-38-13-10-32/h5-8,15-17,25-26H,3-4,9-14H2,1-2H3,(H,31,35)/t17-,25-,26-/m1/s1. The van der Waals surface area contributed by atoms with Crippen molar-refractivity contribution >= 4 is 35.1 Å². The fraction of sp³-hybridized carbons (Fsp3) is 0.448. The molecule has 2 heterocycles. The van der Waals surface area contributed by atoms with Gasteiger partial charge in [0.25, 0.3) is 17.7 Å². The van der Waals surface area contributed by atoms with Gasteiger partial charge in [-0.05, 0) is 60.2 Å². The molecule has 212 valence electrons. The summed E-state index contributed by atoms with van der Waals surface area (Å²) < 4.78 is 30.9. The number of ether oxygens (including phenoxy) is 3. The molecule has 0 aromatic heterocycles. The third-order valence-corrected chi connectivity index (χ3v) is 7.53. The number of esters is 1. The Kier molecular flexibility index (Phi) is 8.13. The molecule has 3 amide bonds. The molecule has 0 saturated carbocycles. The van der Waals surface area contributed by atoms with E-state index in [9.17, 15) is 23.6 Å². The fourth-order valence-electron chi connectivity index (χ4n) is 5.41. The Morgan fingerprint density at radius 3 is 2.60 bits per heavy atom. The summed E-state index contributed by atoms with van der Waals surface area (Å²) in [5.41, 5.74) is 3.01. The van der Waals surface area contributed by atoms with Crippen molar-refractivity contribution in [2.24, 2.45) is 0 Å². The SMILES string of the molecule is CC(=O)O[C@@H](C(=O)Nc1ccc2c(c1)CC[C@H]2C)[C@H]1OCCN(c2ccc(F)c(C(=O)N3CCOCC3)c2)C1=O. The Labute approximate surface area is 231 Å². The lowest BCUT2D eigenvalue weighted by Crippen LogP contribution is -2.56. The van der Waals surface area contributed by atoms with Gasteiger partial charge >= 0.3 is 5.97 Å². The lowest BCUT2D eigenvalue weighted by molar-refractivity contribution is -0.167. The predicted molar refractivity (Wildman–Crippen MR) is 143 cm³/mol. The minimum Gasteiger partial charge on any atom is -0.449 e. The zero-order valence-corrected chi connectivity index (χ0v) is 22.5. The van der Waals surface area contributed by atoms with E-state index < -0.39 is 41.7 Å². The van der Waals surface area contributed by atoms with Gasteiger partial charge in [-0.1, -0.05) is 13.0 Å². The predicted octanol–water partition coefficient (Wildman–Crippen LogP) is 2.65. The van der Waals surface area contributed by atoms with Crippen LogP contribution >= 0.6 is 0 Å². The highest BCUT2D eigenvalue weighted by Crippen LogP contribution is 2.34. The van der Waals surface area contributed by atoms with Gasteiger partial charge in [-0.15, -0.1) is 0 Å². The van der Waals surface area contributed by atoms with Crippen molar-refractivity contribution in [3.05, 3.63) is 58.9 Å². The molecule has 0 radical (unpaired) electrons. The van der Waals surface area contributed by atoms with Gasteiger partial charge in [0.2, 0.25) is 6.10 Å². The average Bonchev–Trinajstić information content (AvgIpc) is 3.32. The summed E-state index contributed by atoms with van der Waals surface area (Å²) in [6.45, 7) is 4.83. The van der Waals surface area contributed by atoms with Crippen LogP contribution in [0, 0.1) is 5.82 Å². The van der Waals surface area contributed by atoms with Crippen LogP contribution < -0.4 is 10.2 Å². The fourth-order valence-corrected chi connectivity index (χ4v) is 5.41. The lowest BCUT2D eigenvalue weighted by Gasteiger charge is -2.35. The number of anilines is 2. The molecular weight excluding hydrogens is 521 g/mol. The highest BCUT2D eigenvalue weighted by molar-refractivity contribution is 6.05. The van der Waals surface area contributed by atoms with Crippen LogP contribution in [0.4, 0.5) is 15.8 Å². The Balaban J connectivity index is 1.36. The van der Waals surface area contributed by atoms with Crippen LogP contribution in [-0.2, 0) is 35.0 Å². The third-order valence-electron chi connectivity index (χ3n) is 7.53. The molecule has 0 bridgehead atoms. The lowest BCUT2D eigenvalue weighted by atomic mass is 10.0. The van der Waals surface area contributed by atoms with Gasteiger partial charge < -0.3 is 29.3 Å². The Hall–Kier alpha value is -3.83. The zero-order valence-electron chi connectivity index (χ0n) is 22.5. The van der Waals surface area contributed by atoms with Gasteiger partial charge in [0.1, 0.15) is 5.82 Å². The minimum absolute atomic E-state index is 0.0301. The molecule has 1 N–H and O–H groups in total. The summed E-state index contributed by atoms with van der Waals surface area (Å²) in [5, 5.41) is 2.76. The normalized spacial score (nSPS) is 21.5. The minimum atomic E-state index is -1.56. The van der Waals surface area contributed by atoms with Gasteiger partial charge in [0, 0.05) is 37.9 Å². The van der Waals surface area contributed by atoms with E-state index in [1.54, 1.807) is 6.07 Å². The molecule has 2 fully saturated rings. The number of amides is 3. The van der Waals surface area contributed by atoms with Crippen molar-refractivity contribution in [2.45, 2.75) is 44.8 Å². The number of nitrogens with zero attached hydrogens (tertiary/aromatic N) is 2. The van der Waals surface area contributed by atoms with Crippen molar-refractivity contribution in [3.8, 4) is 0 Å². The number of fused-ring (bicyclic) bond motifs is 1. The second kappa shape index (κ2) is 11.7. The molecule has 1 aliphatic carbocycles. The van der Waals surface area contributed by atoms with Crippen LogP contribution in [-0.4, -0.2) is 80.3 Å². The summed E-state index contributed by atoms with van der Waals surface area (Å²) >= 11 is 0. The quantitative estimate of drug-likeness (QED) is 0.547. The molecule has 11 heteroatoms. The number of hydrogen-bond acceptors (Lipinski definition) is 7. The second-order valence-electron chi connectivity index (χ2n) is 10.2. The molecule has 10 nitrogen and oxygen atoms in total. The largest absolute Gasteiger partial charge is 0.449 e. The monoisotopic (exact) mass is 553 g/mol. The van der Waals surface area contributed by atoms with Gasteiger partial charge in [0.15, 0.2) is 6.10 Å². The molecule has 5 rings (SSSR count). The van der Waals surface area contributed by atoms with Crippen LogP contribution in [0.3, 0.4) is 0 Å². The van der Waals surface area contributed by atoms with Gasteiger partial charge in [0.05, 0.1) is 25.4 Å². The summed E-state index contributed by atoms with van der Waals surface area (Å²) in [7, 11) is 0. The van der Waals surface area contributed by atoms with E-state index in [4.69, 9.17) is 14.2 Å². The van der Waals surface area contributed by atoms with E-state index in [1.807, 2.05) is 12.1 Å². The zero-order chi connectivity index (χ0) is 28.4. The average molecular weight is 554 g/mol. The number of benzene rings is 2. The van der Waals surface area contributed by atoms with Crippen LogP contribution in [0.15, 0.2) is 36.4 Å². The number of aryl methyl sites for hydroxylation is 1. The smallest absolute Gasteiger partial charge is 0.303 e. The first-order valence-corrected chi connectivity index (χ1v) is 13.4. The Morgan fingerprint density at radius 2 is 1.85 bits per heavy atom. The number of hydrogen-bond donors (Lipinski definition) is 1. The van der Waals surface area contributed by atoms with Crippen molar-refractivity contribution < 1.29 is 37.8 Å². The number of carbonyl (C=O) groups is 4. The summed E-state index contributed by atoms with van der Waals surface area (Å²) in [6.07, 6.45) is -1.06. The van der Waals surface area contributed by atoms with Crippen LogP contribution in [0.5, 0.6) is 0 Å². The molecule has 3 aliphatic rings. The summed E-state index contributed by atoms with van der Waals surface area (Å²) in [4.78, 5) is 54.6. The molecule has 2 aromatic carbocycles. The van der Waals surface area contributed by atoms with Gasteiger partial charge in [-0.2, -0.15) is 0 Å². The Bertz CT molecular complexity index is 1330. The molecule has 2 aliphatic heterocycles. The van der Waals surface area contributed by atoms with Crippen molar-refractivity contribution in [2.75, 3.05) is 49.7 Å². The topological polar surface area (TPSA) is 114 Å². The number of nitrogens with one attached hydrogen (secondary N) is 1. The van der Waals surface area contributed by atoms with Crippen LogP contribution in [0.1, 0.15) is 47.7 Å². The van der Waals surface area contributed by atoms with E-state index >= 15 is 0 Å².